The Kier molecular flexibility index (Phi) is 4.48. The zero-order valence-corrected chi connectivity index (χ0v) is 10.2. The summed E-state index contributed by atoms with van der Waals surface area (Å²) in [5.74, 6) is -1.73. The van der Waals surface area contributed by atoms with Crippen LogP contribution in [0.3, 0.4) is 0 Å². The lowest BCUT2D eigenvalue weighted by Crippen LogP contribution is -2.13. The van der Waals surface area contributed by atoms with E-state index in [9.17, 15) is 14.7 Å². The van der Waals surface area contributed by atoms with E-state index in [4.69, 9.17) is 5.11 Å². The topological polar surface area (TPSA) is 86.6 Å². The number of nitrogens with one attached hydrogen (secondary N) is 1. The molecule has 0 aliphatic rings. The summed E-state index contributed by atoms with van der Waals surface area (Å²) < 4.78 is 0. The number of anilines is 1. The summed E-state index contributed by atoms with van der Waals surface area (Å²) in [6.45, 7) is 3.58. The highest BCUT2D eigenvalue weighted by atomic mass is 16.4. The van der Waals surface area contributed by atoms with E-state index in [-0.39, 0.29) is 22.9 Å². The Labute approximate surface area is 105 Å². The lowest BCUT2D eigenvalue weighted by molar-refractivity contribution is -0.112. The van der Waals surface area contributed by atoms with Gasteiger partial charge in [-0.25, -0.2) is 4.79 Å². The summed E-state index contributed by atoms with van der Waals surface area (Å²) in [7, 11) is 0. The predicted molar refractivity (Wildman–Crippen MR) is 67.7 cm³/mol. The number of aromatic hydroxyl groups is 1. The molecule has 0 atom stereocenters. The molecule has 3 N–H and O–H groups in total. The second kappa shape index (κ2) is 5.86. The number of amides is 1. The molecule has 1 aromatic carbocycles. The first-order chi connectivity index (χ1) is 8.45. The van der Waals surface area contributed by atoms with Crippen molar-refractivity contribution in [1.82, 2.24) is 0 Å². The fraction of sp³-hybridized carbons (Fsp3) is 0.231. The molecule has 1 rings (SSSR count). The number of aromatic carboxylic acids is 1. The van der Waals surface area contributed by atoms with Gasteiger partial charge in [0.15, 0.2) is 0 Å². The Bertz CT molecular complexity index is 506. The Morgan fingerprint density at radius 3 is 2.56 bits per heavy atom. The molecule has 0 aromatic heterocycles. The van der Waals surface area contributed by atoms with Gasteiger partial charge in [0, 0.05) is 5.57 Å². The van der Waals surface area contributed by atoms with Crippen LogP contribution in [0.15, 0.2) is 29.8 Å². The summed E-state index contributed by atoms with van der Waals surface area (Å²) in [5.41, 5.74) is 0.694. The predicted octanol–water partition coefficient (Wildman–Crippen LogP) is 2.39. The second-order valence-electron chi connectivity index (χ2n) is 3.79. The minimum absolute atomic E-state index is 0.0358. The molecule has 0 unspecified atom stereocenters. The highest BCUT2D eigenvalue weighted by molar-refractivity contribution is 6.04. The average Bonchev–Trinajstić information content (AvgIpc) is 2.31. The third-order valence-corrected chi connectivity index (χ3v) is 2.36. The van der Waals surface area contributed by atoms with Gasteiger partial charge in [0.25, 0.3) is 5.91 Å². The fourth-order valence-electron chi connectivity index (χ4n) is 1.39. The van der Waals surface area contributed by atoms with Crippen LogP contribution < -0.4 is 5.32 Å². The third kappa shape index (κ3) is 3.35. The van der Waals surface area contributed by atoms with Crippen molar-refractivity contribution in [3.05, 3.63) is 35.4 Å². The van der Waals surface area contributed by atoms with Gasteiger partial charge in [-0.1, -0.05) is 13.0 Å². The molecule has 0 bridgehead atoms. The van der Waals surface area contributed by atoms with Crippen LogP contribution in [0.5, 0.6) is 5.75 Å². The van der Waals surface area contributed by atoms with Crippen LogP contribution >= 0.6 is 0 Å². The summed E-state index contributed by atoms with van der Waals surface area (Å²) in [4.78, 5) is 22.3. The van der Waals surface area contributed by atoms with E-state index in [1.54, 1.807) is 13.0 Å². The van der Waals surface area contributed by atoms with Crippen molar-refractivity contribution >= 4 is 17.6 Å². The zero-order valence-electron chi connectivity index (χ0n) is 10.2. The van der Waals surface area contributed by atoms with Crippen molar-refractivity contribution in [2.24, 2.45) is 0 Å². The Morgan fingerprint density at radius 2 is 2.06 bits per heavy atom. The van der Waals surface area contributed by atoms with Crippen LogP contribution in [-0.4, -0.2) is 22.1 Å². The molecule has 1 amide bonds. The molecule has 0 spiro atoms. The number of carbonyl (C=O) groups is 2. The largest absolute Gasteiger partial charge is 0.506 e. The Hall–Kier alpha value is -2.30. The number of phenols is 1. The highest BCUT2D eigenvalue weighted by Crippen LogP contribution is 2.24. The van der Waals surface area contributed by atoms with Gasteiger partial charge < -0.3 is 15.5 Å². The zero-order chi connectivity index (χ0) is 13.7. The molecular weight excluding hydrogens is 234 g/mol. The van der Waals surface area contributed by atoms with Crippen LogP contribution in [0.4, 0.5) is 5.69 Å². The summed E-state index contributed by atoms with van der Waals surface area (Å²) in [5, 5.41) is 20.8. The van der Waals surface area contributed by atoms with E-state index in [1.165, 1.54) is 12.1 Å². The number of allylic oxidation sites excluding steroid dienone is 1. The maximum Gasteiger partial charge on any atom is 0.335 e. The lowest BCUT2D eigenvalue weighted by atomic mass is 10.1. The van der Waals surface area contributed by atoms with Crippen molar-refractivity contribution in [3.63, 3.8) is 0 Å². The lowest BCUT2D eigenvalue weighted by Gasteiger charge is -2.08. The molecule has 96 valence electrons. The monoisotopic (exact) mass is 249 g/mol. The number of hydrogen-bond acceptors (Lipinski definition) is 3. The molecule has 0 radical (unpaired) electrons. The Morgan fingerprint density at radius 1 is 1.39 bits per heavy atom. The minimum Gasteiger partial charge on any atom is -0.506 e. The van der Waals surface area contributed by atoms with Crippen molar-refractivity contribution in [3.8, 4) is 5.75 Å². The van der Waals surface area contributed by atoms with Gasteiger partial charge in [-0.2, -0.15) is 0 Å². The molecule has 0 fully saturated rings. The molecule has 0 aliphatic heterocycles. The van der Waals surface area contributed by atoms with E-state index in [0.717, 1.165) is 12.5 Å². The highest BCUT2D eigenvalue weighted by Gasteiger charge is 2.10. The van der Waals surface area contributed by atoms with Gasteiger partial charge in [-0.15, -0.1) is 0 Å². The summed E-state index contributed by atoms with van der Waals surface area (Å²) in [6, 6.07) is 3.77. The van der Waals surface area contributed by atoms with Crippen molar-refractivity contribution in [2.45, 2.75) is 20.3 Å². The molecule has 0 aliphatic carbocycles. The molecule has 1 aromatic rings. The number of carboxylic acid groups (broad SMARTS) is 1. The molecule has 0 saturated carbocycles. The van der Waals surface area contributed by atoms with Gasteiger partial charge in [0.1, 0.15) is 5.75 Å². The van der Waals surface area contributed by atoms with E-state index >= 15 is 0 Å². The van der Waals surface area contributed by atoms with Gasteiger partial charge in [0.05, 0.1) is 11.3 Å². The van der Waals surface area contributed by atoms with Crippen molar-refractivity contribution in [1.29, 1.82) is 0 Å². The van der Waals surface area contributed by atoms with Crippen LogP contribution in [0.2, 0.25) is 0 Å². The molecule has 0 saturated heterocycles. The number of carboxylic acids is 1. The van der Waals surface area contributed by atoms with Crippen LogP contribution in [0, 0.1) is 0 Å². The van der Waals surface area contributed by atoms with Crippen molar-refractivity contribution < 1.29 is 19.8 Å². The van der Waals surface area contributed by atoms with Crippen LogP contribution in [0.25, 0.3) is 0 Å². The van der Waals surface area contributed by atoms with Gasteiger partial charge in [-0.05, 0) is 31.5 Å². The van der Waals surface area contributed by atoms with E-state index in [1.807, 2.05) is 6.92 Å². The maximum atomic E-state index is 11.7. The van der Waals surface area contributed by atoms with E-state index in [2.05, 4.69) is 5.32 Å². The molecule has 5 heteroatoms. The van der Waals surface area contributed by atoms with E-state index < -0.39 is 5.97 Å². The SMILES string of the molecule is CC/C=C(\C)C(=O)Nc1ccc(C(=O)O)cc1O. The quantitative estimate of drug-likeness (QED) is 0.564. The molecule has 5 nitrogen and oxygen atoms in total. The number of hydrogen-bond donors (Lipinski definition) is 3. The smallest absolute Gasteiger partial charge is 0.335 e. The number of phenolic OH excluding ortho intramolecular Hbond substituents is 1. The Balaban J connectivity index is 2.89. The van der Waals surface area contributed by atoms with E-state index in [0.29, 0.717) is 5.57 Å². The normalized spacial score (nSPS) is 11.1. The summed E-state index contributed by atoms with van der Waals surface area (Å²) >= 11 is 0. The first-order valence-corrected chi connectivity index (χ1v) is 5.50. The average molecular weight is 249 g/mol. The number of rotatable bonds is 4. The molecular formula is C13H15NO4. The number of benzene rings is 1. The first kappa shape index (κ1) is 13.8. The van der Waals surface area contributed by atoms with Crippen LogP contribution in [-0.2, 0) is 4.79 Å². The third-order valence-electron chi connectivity index (χ3n) is 2.36. The van der Waals surface area contributed by atoms with Gasteiger partial charge in [0.2, 0.25) is 0 Å². The van der Waals surface area contributed by atoms with Gasteiger partial charge >= 0.3 is 5.97 Å². The standard InChI is InChI=1S/C13H15NO4/c1-3-4-8(2)12(16)14-10-6-5-9(13(17)18)7-11(10)15/h4-7,15H,3H2,1-2H3,(H,14,16)(H,17,18)/b8-4+. The first-order valence-electron chi connectivity index (χ1n) is 5.50. The fourth-order valence-corrected chi connectivity index (χ4v) is 1.39. The minimum atomic E-state index is -1.13. The maximum absolute atomic E-state index is 11.7. The van der Waals surface area contributed by atoms with Crippen LogP contribution in [0.1, 0.15) is 30.6 Å². The number of carbonyl (C=O) groups excluding carboxylic acids is 1. The molecule has 18 heavy (non-hydrogen) atoms. The van der Waals surface area contributed by atoms with Gasteiger partial charge in [-0.3, -0.25) is 4.79 Å². The second-order valence-corrected chi connectivity index (χ2v) is 3.79. The molecule has 0 heterocycles. The summed E-state index contributed by atoms with van der Waals surface area (Å²) in [6.07, 6.45) is 2.50. The van der Waals surface area contributed by atoms with Crippen molar-refractivity contribution in [2.75, 3.05) is 5.32 Å².